The molecule has 1 aromatic carbocycles. The number of hydrogen-bond acceptors (Lipinski definition) is 4. The van der Waals surface area contributed by atoms with Crippen LogP contribution in [-0.2, 0) is 25.5 Å². The summed E-state index contributed by atoms with van der Waals surface area (Å²) in [6.07, 6.45) is 5.48. The van der Waals surface area contributed by atoms with Gasteiger partial charge in [-0.25, -0.2) is 4.39 Å². The second kappa shape index (κ2) is 8.60. The Kier molecular flexibility index (Phi) is 6.21. The van der Waals surface area contributed by atoms with Gasteiger partial charge in [0.2, 0.25) is 0 Å². The first-order valence-electron chi connectivity index (χ1n) is 9.19. The summed E-state index contributed by atoms with van der Waals surface area (Å²) in [4.78, 5) is 23.7. The molecule has 6 nitrogen and oxygen atoms in total. The molecule has 7 heteroatoms. The summed E-state index contributed by atoms with van der Waals surface area (Å²) < 4.78 is 24.6. The number of halogens is 1. The molecule has 0 radical (unpaired) electrons. The number of hydrogen-bond donors (Lipinski definition) is 2. The van der Waals surface area contributed by atoms with Crippen molar-refractivity contribution in [3.63, 3.8) is 0 Å². The van der Waals surface area contributed by atoms with Crippen molar-refractivity contribution >= 4 is 11.8 Å². The normalized spacial score (nSPS) is 21.5. The van der Waals surface area contributed by atoms with Crippen molar-refractivity contribution in [1.82, 2.24) is 10.6 Å². The Bertz CT molecular complexity index is 629. The van der Waals surface area contributed by atoms with Crippen LogP contribution in [0, 0.1) is 5.82 Å². The minimum absolute atomic E-state index is 0.218. The highest BCUT2D eigenvalue weighted by Crippen LogP contribution is 2.37. The third kappa shape index (κ3) is 5.02. The molecule has 1 saturated carbocycles. The van der Waals surface area contributed by atoms with Crippen molar-refractivity contribution in [1.29, 1.82) is 0 Å². The molecule has 1 atom stereocenters. The topological polar surface area (TPSA) is 76.7 Å². The molecule has 1 spiro atoms. The van der Waals surface area contributed by atoms with Gasteiger partial charge in [0, 0.05) is 25.9 Å². The molecule has 142 valence electrons. The predicted molar refractivity (Wildman–Crippen MR) is 92.8 cm³/mol. The van der Waals surface area contributed by atoms with E-state index in [9.17, 15) is 14.0 Å². The van der Waals surface area contributed by atoms with Gasteiger partial charge in [0.15, 0.2) is 5.79 Å². The number of benzene rings is 1. The van der Waals surface area contributed by atoms with Crippen molar-refractivity contribution < 1.29 is 23.5 Å². The van der Waals surface area contributed by atoms with Crippen LogP contribution in [0.15, 0.2) is 24.3 Å². The van der Waals surface area contributed by atoms with E-state index in [1.54, 1.807) is 12.1 Å². The van der Waals surface area contributed by atoms with Crippen LogP contribution in [0.1, 0.15) is 37.7 Å². The minimum atomic E-state index is -0.683. The quantitative estimate of drug-likeness (QED) is 0.780. The maximum atomic E-state index is 12.8. The summed E-state index contributed by atoms with van der Waals surface area (Å²) in [6.45, 7) is 1.00. The molecule has 2 aliphatic rings. The Hall–Kier alpha value is -1.99. The van der Waals surface area contributed by atoms with Gasteiger partial charge >= 0.3 is 11.8 Å². The molecule has 1 heterocycles. The van der Waals surface area contributed by atoms with Gasteiger partial charge in [-0.15, -0.1) is 0 Å². The summed E-state index contributed by atoms with van der Waals surface area (Å²) in [5, 5.41) is 5.16. The predicted octanol–water partition coefficient (Wildman–Crippen LogP) is 1.68. The molecule has 1 aliphatic carbocycles. The third-order valence-corrected chi connectivity index (χ3v) is 4.84. The highest BCUT2D eigenvalue weighted by atomic mass is 19.1. The van der Waals surface area contributed by atoms with Gasteiger partial charge in [0.1, 0.15) is 11.9 Å². The molecule has 1 aromatic rings. The van der Waals surface area contributed by atoms with E-state index in [1.807, 2.05) is 0 Å². The Morgan fingerprint density at radius 1 is 1.08 bits per heavy atom. The first-order chi connectivity index (χ1) is 12.6. The van der Waals surface area contributed by atoms with Crippen LogP contribution in [0.2, 0.25) is 0 Å². The van der Waals surface area contributed by atoms with E-state index >= 15 is 0 Å². The fourth-order valence-electron chi connectivity index (χ4n) is 3.41. The highest BCUT2D eigenvalue weighted by Gasteiger charge is 2.42. The van der Waals surface area contributed by atoms with Crippen LogP contribution >= 0.6 is 0 Å². The Morgan fingerprint density at radius 2 is 1.77 bits per heavy atom. The summed E-state index contributed by atoms with van der Waals surface area (Å²) in [6, 6.07) is 6.04. The molecule has 0 bridgehead atoms. The zero-order valence-corrected chi connectivity index (χ0v) is 14.8. The van der Waals surface area contributed by atoms with Crippen LogP contribution in [-0.4, -0.2) is 43.4 Å². The number of ether oxygens (including phenoxy) is 2. The van der Waals surface area contributed by atoms with E-state index in [1.165, 1.54) is 18.6 Å². The van der Waals surface area contributed by atoms with Crippen molar-refractivity contribution in [3.05, 3.63) is 35.6 Å². The van der Waals surface area contributed by atoms with Gasteiger partial charge in [0.05, 0.1) is 6.61 Å². The average molecular weight is 364 g/mol. The standard InChI is InChI=1S/C19H25FN2O4/c20-15-6-4-14(5-7-15)8-11-21-17(23)18(24)22-12-16-13-25-19(26-16)9-2-1-3-10-19/h4-7,16H,1-3,8-13H2,(H,21,23)(H,22,24). The first kappa shape index (κ1) is 18.8. The molecular formula is C19H25FN2O4. The monoisotopic (exact) mass is 364 g/mol. The van der Waals surface area contributed by atoms with Crippen molar-refractivity contribution in [2.45, 2.75) is 50.4 Å². The molecular weight excluding hydrogens is 339 g/mol. The van der Waals surface area contributed by atoms with Crippen LogP contribution in [0.25, 0.3) is 0 Å². The maximum Gasteiger partial charge on any atom is 0.309 e. The van der Waals surface area contributed by atoms with E-state index in [4.69, 9.17) is 9.47 Å². The molecule has 2 amide bonds. The van der Waals surface area contributed by atoms with Gasteiger partial charge in [-0.2, -0.15) is 0 Å². The molecule has 1 unspecified atom stereocenters. The van der Waals surface area contributed by atoms with Crippen LogP contribution in [0.3, 0.4) is 0 Å². The third-order valence-electron chi connectivity index (χ3n) is 4.84. The molecule has 2 fully saturated rings. The molecule has 1 aliphatic heterocycles. The lowest BCUT2D eigenvalue weighted by atomic mass is 9.94. The van der Waals surface area contributed by atoms with Gasteiger partial charge < -0.3 is 20.1 Å². The van der Waals surface area contributed by atoms with Crippen molar-refractivity contribution in [2.24, 2.45) is 0 Å². The summed E-state index contributed by atoms with van der Waals surface area (Å²) >= 11 is 0. The van der Waals surface area contributed by atoms with E-state index < -0.39 is 17.6 Å². The summed E-state index contributed by atoms with van der Waals surface area (Å²) in [5.74, 6) is -2.15. The van der Waals surface area contributed by atoms with Crippen LogP contribution in [0.5, 0.6) is 0 Å². The van der Waals surface area contributed by atoms with Crippen LogP contribution in [0.4, 0.5) is 4.39 Å². The van der Waals surface area contributed by atoms with E-state index in [0.29, 0.717) is 19.6 Å². The molecule has 26 heavy (non-hydrogen) atoms. The number of carbonyl (C=O) groups is 2. The average Bonchev–Trinajstić information content (AvgIpc) is 3.04. The molecule has 0 aromatic heterocycles. The van der Waals surface area contributed by atoms with Gasteiger partial charge in [0.25, 0.3) is 0 Å². The minimum Gasteiger partial charge on any atom is -0.348 e. The zero-order valence-electron chi connectivity index (χ0n) is 14.8. The second-order valence-corrected chi connectivity index (χ2v) is 6.86. The number of amides is 2. The van der Waals surface area contributed by atoms with Crippen LogP contribution < -0.4 is 10.6 Å². The zero-order chi connectivity index (χ0) is 18.4. The lowest BCUT2D eigenvalue weighted by Crippen LogP contribution is -2.44. The van der Waals surface area contributed by atoms with E-state index in [-0.39, 0.29) is 18.5 Å². The lowest BCUT2D eigenvalue weighted by Gasteiger charge is -2.31. The lowest BCUT2D eigenvalue weighted by molar-refractivity contribution is -0.186. The first-order valence-corrected chi connectivity index (χ1v) is 9.19. The fraction of sp³-hybridized carbons (Fsp3) is 0.579. The Morgan fingerprint density at radius 3 is 2.50 bits per heavy atom. The van der Waals surface area contributed by atoms with Crippen molar-refractivity contribution in [2.75, 3.05) is 19.7 Å². The maximum absolute atomic E-state index is 12.8. The SMILES string of the molecule is O=C(NCCc1ccc(F)cc1)C(=O)NCC1COC2(CCCCC2)O1. The van der Waals surface area contributed by atoms with Gasteiger partial charge in [-0.1, -0.05) is 18.6 Å². The highest BCUT2D eigenvalue weighted by molar-refractivity contribution is 6.35. The van der Waals surface area contributed by atoms with Gasteiger partial charge in [-0.3, -0.25) is 9.59 Å². The Labute approximate surface area is 152 Å². The Balaban J connectivity index is 1.34. The van der Waals surface area contributed by atoms with E-state index in [0.717, 1.165) is 31.2 Å². The van der Waals surface area contributed by atoms with E-state index in [2.05, 4.69) is 10.6 Å². The molecule has 2 N–H and O–H groups in total. The van der Waals surface area contributed by atoms with Crippen molar-refractivity contribution in [3.8, 4) is 0 Å². The second-order valence-electron chi connectivity index (χ2n) is 6.86. The fourth-order valence-corrected chi connectivity index (χ4v) is 3.41. The number of nitrogens with one attached hydrogen (secondary N) is 2. The van der Waals surface area contributed by atoms with Gasteiger partial charge in [-0.05, 0) is 37.0 Å². The summed E-state index contributed by atoms with van der Waals surface area (Å²) in [5.41, 5.74) is 0.890. The summed E-state index contributed by atoms with van der Waals surface area (Å²) in [7, 11) is 0. The largest absolute Gasteiger partial charge is 0.348 e. The molecule has 1 saturated heterocycles. The smallest absolute Gasteiger partial charge is 0.309 e. The number of carbonyl (C=O) groups excluding carboxylic acids is 2. The number of rotatable bonds is 5. The molecule has 3 rings (SSSR count).